The third kappa shape index (κ3) is 24.4. The molecule has 1 heterocycles. The molecule has 0 radical (unpaired) electrons. The molecule has 8 atom stereocenters. The fourth-order valence-corrected chi connectivity index (χ4v) is 10.4. The molecule has 26 heteroatoms. The maximum Gasteiger partial charge on any atom is 0.243 e. The van der Waals surface area contributed by atoms with Gasteiger partial charge in [-0.2, -0.15) is 0 Å². The lowest BCUT2D eigenvalue weighted by molar-refractivity contribution is -0.137. The number of carbonyl (C=O) groups excluding carboxylic acids is 8. The highest BCUT2D eigenvalue weighted by Crippen LogP contribution is 2.19. The number of nitrogens with zero attached hydrogens (tertiary/aromatic N) is 3. The predicted octanol–water partition coefficient (Wildman–Crippen LogP) is -0.318. The van der Waals surface area contributed by atoms with Gasteiger partial charge in [-0.1, -0.05) is 133 Å². The quantitative estimate of drug-likeness (QED) is 0.0202. The first-order chi connectivity index (χ1) is 43.8. The highest BCUT2D eigenvalue weighted by molar-refractivity contribution is 5.99. The first-order valence-electron chi connectivity index (χ1n) is 30.7. The van der Waals surface area contributed by atoms with E-state index in [-0.39, 0.29) is 121 Å². The molecule has 26 nitrogen and oxygen atoms in total. The van der Waals surface area contributed by atoms with Crippen LogP contribution >= 0.6 is 0 Å². The zero-order chi connectivity index (χ0) is 65.5. The molecule has 1 aliphatic heterocycles. The van der Waals surface area contributed by atoms with Gasteiger partial charge in [0.05, 0.1) is 0 Å². The Bertz CT molecular complexity index is 3290. The van der Waals surface area contributed by atoms with Crippen molar-refractivity contribution in [2.24, 2.45) is 55.1 Å². The van der Waals surface area contributed by atoms with Crippen LogP contribution in [0.4, 0.5) is 0 Å². The van der Waals surface area contributed by atoms with Crippen LogP contribution in [0.15, 0.2) is 148 Å². The van der Waals surface area contributed by atoms with E-state index in [4.69, 9.17) is 40.1 Å². The second-order valence-electron chi connectivity index (χ2n) is 22.4. The lowest BCUT2D eigenvalue weighted by Gasteiger charge is -2.29. The van der Waals surface area contributed by atoms with Crippen molar-refractivity contribution < 1.29 is 38.4 Å². The standard InChI is InChI=1S/C65H88N18O8/c66-33-13-12-25-47-58(87)81-52(38-42-19-6-2-7-20-42)60(89)80-51(32-30-41-17-4-1-5-18-41)59(88)82-53(39-43-21-8-3-9-22-43)62(91)83-54(40-44-29-31-45-23-10-11-24-46(45)37-44)61(90)79-50(28-16-36-75-65(71)72)57(86)78-49(27-15-35-74-64(69)70)56(85)77-48(55(84)76-47)26-14-34-73-63(67)68/h1-11,17-24,29,31,37,47-54H,12-16,25-28,30,32-36,38-40,66H2,(H,76,84)(H,77,85)(H,78,86)(H,79,90)(H,80,89)(H,81,87)(H,82,88)(H,83,91)(H4,67,68,73)(H4,69,70,74)(H4,71,72,75)/t47-,48-,49-,50+,51-,52+,53-,54+/m0/s1. The second kappa shape index (κ2) is 37.0. The molecule has 1 aliphatic rings. The van der Waals surface area contributed by atoms with Crippen LogP contribution < -0.4 is 82.7 Å². The van der Waals surface area contributed by atoms with E-state index in [0.717, 1.165) is 16.3 Å². The van der Waals surface area contributed by atoms with Gasteiger partial charge in [-0.15, -0.1) is 0 Å². The third-order valence-electron chi connectivity index (χ3n) is 15.2. The Kier molecular flexibility index (Phi) is 28.5. The number of hydrogen-bond acceptors (Lipinski definition) is 12. The molecule has 1 saturated heterocycles. The number of amides is 8. The molecule has 1 fully saturated rings. The van der Waals surface area contributed by atoms with Gasteiger partial charge in [0, 0.05) is 38.9 Å². The second-order valence-corrected chi connectivity index (χ2v) is 22.4. The summed E-state index contributed by atoms with van der Waals surface area (Å²) in [5, 5.41) is 24.6. The van der Waals surface area contributed by atoms with E-state index in [1.807, 2.05) is 72.8 Å². The molecule has 6 rings (SSSR count). The predicted molar refractivity (Wildman–Crippen MR) is 351 cm³/mol. The molecule has 0 bridgehead atoms. The normalized spacial score (nSPS) is 20.8. The van der Waals surface area contributed by atoms with Crippen LogP contribution in [0.1, 0.15) is 86.5 Å². The first-order valence-corrected chi connectivity index (χ1v) is 30.7. The summed E-state index contributed by atoms with van der Waals surface area (Å²) in [4.78, 5) is 132. The summed E-state index contributed by atoms with van der Waals surface area (Å²) in [6.07, 6.45) is 1.06. The number of hydrogen-bond donors (Lipinski definition) is 15. The topological polar surface area (TPSA) is 452 Å². The van der Waals surface area contributed by atoms with Gasteiger partial charge in [0.25, 0.3) is 0 Å². The summed E-state index contributed by atoms with van der Waals surface area (Å²) in [6, 6.07) is 29.2. The molecule has 0 spiro atoms. The molecular weight excluding hydrogens is 1160 g/mol. The highest BCUT2D eigenvalue weighted by Gasteiger charge is 2.36. The van der Waals surface area contributed by atoms with Crippen molar-refractivity contribution in [3.05, 3.63) is 156 Å². The van der Waals surface area contributed by atoms with E-state index in [2.05, 4.69) is 57.5 Å². The minimum atomic E-state index is -1.42. The average molecular weight is 1250 g/mol. The number of rotatable bonds is 25. The number of aryl methyl sites for hydroxylation is 1. The minimum absolute atomic E-state index is 0.0259. The fraction of sp³-hybridized carbons (Fsp3) is 0.400. The van der Waals surface area contributed by atoms with E-state index in [1.165, 1.54) is 0 Å². The zero-order valence-electron chi connectivity index (χ0n) is 51.2. The maximum atomic E-state index is 15.2. The van der Waals surface area contributed by atoms with Gasteiger partial charge in [-0.25, -0.2) is 0 Å². The van der Waals surface area contributed by atoms with Crippen LogP contribution in [-0.4, -0.2) is 140 Å². The van der Waals surface area contributed by atoms with Crippen molar-refractivity contribution in [2.75, 3.05) is 26.2 Å². The van der Waals surface area contributed by atoms with E-state index in [9.17, 15) is 19.2 Å². The van der Waals surface area contributed by atoms with Crippen molar-refractivity contribution in [1.82, 2.24) is 42.5 Å². The summed E-state index contributed by atoms with van der Waals surface area (Å²) in [5.74, 6) is -6.98. The summed E-state index contributed by atoms with van der Waals surface area (Å²) in [7, 11) is 0. The fourth-order valence-electron chi connectivity index (χ4n) is 10.4. The number of nitrogens with one attached hydrogen (secondary N) is 8. The van der Waals surface area contributed by atoms with Gasteiger partial charge in [-0.3, -0.25) is 53.3 Å². The van der Waals surface area contributed by atoms with Gasteiger partial charge in [-0.05, 0) is 110 Å². The van der Waals surface area contributed by atoms with Gasteiger partial charge in [0.15, 0.2) is 17.9 Å². The monoisotopic (exact) mass is 1250 g/mol. The lowest BCUT2D eigenvalue weighted by atomic mass is 9.99. The van der Waals surface area contributed by atoms with Gasteiger partial charge in [0.1, 0.15) is 48.3 Å². The average Bonchev–Trinajstić information content (AvgIpc) is 1.52. The van der Waals surface area contributed by atoms with Crippen molar-refractivity contribution in [3.8, 4) is 0 Å². The number of fused-ring (bicyclic) bond motifs is 1. The highest BCUT2D eigenvalue weighted by atomic mass is 16.2. The van der Waals surface area contributed by atoms with Gasteiger partial charge < -0.3 is 82.7 Å². The molecule has 5 aromatic carbocycles. The summed E-state index contributed by atoms with van der Waals surface area (Å²) >= 11 is 0. The molecule has 5 aromatic rings. The van der Waals surface area contributed by atoms with E-state index >= 15 is 19.2 Å². The van der Waals surface area contributed by atoms with Crippen LogP contribution in [0, 0.1) is 0 Å². The molecule has 0 saturated carbocycles. The Morgan fingerprint density at radius 2 is 0.604 bits per heavy atom. The maximum absolute atomic E-state index is 15.2. The number of nitrogens with two attached hydrogens (primary N) is 7. The van der Waals surface area contributed by atoms with E-state index in [0.29, 0.717) is 29.5 Å². The van der Waals surface area contributed by atoms with Gasteiger partial charge >= 0.3 is 0 Å². The Labute approximate surface area is 530 Å². The van der Waals surface area contributed by atoms with Crippen LogP contribution in [0.5, 0.6) is 0 Å². The van der Waals surface area contributed by atoms with Crippen molar-refractivity contribution in [3.63, 3.8) is 0 Å². The van der Waals surface area contributed by atoms with E-state index < -0.39 is 95.6 Å². The lowest BCUT2D eigenvalue weighted by Crippen LogP contribution is -2.62. The summed E-state index contributed by atoms with van der Waals surface area (Å²) in [5.41, 5.74) is 42.6. The molecular formula is C65H88N18O8. The number of aliphatic imine (C=N–C) groups is 3. The number of carbonyl (C=O) groups is 8. The molecule has 91 heavy (non-hydrogen) atoms. The van der Waals surface area contributed by atoms with Crippen molar-refractivity contribution in [1.29, 1.82) is 0 Å². The first kappa shape index (κ1) is 70.0. The molecule has 0 aliphatic carbocycles. The number of unbranched alkanes of at least 4 members (excludes halogenated alkanes) is 1. The molecule has 8 amide bonds. The third-order valence-corrected chi connectivity index (χ3v) is 15.2. The Hall–Kier alpha value is -10.1. The summed E-state index contributed by atoms with van der Waals surface area (Å²) < 4.78 is 0. The number of guanidine groups is 3. The van der Waals surface area contributed by atoms with Crippen LogP contribution in [-0.2, 0) is 64.0 Å². The Balaban J connectivity index is 1.50. The van der Waals surface area contributed by atoms with Gasteiger partial charge in [0.2, 0.25) is 47.3 Å². The molecule has 22 N–H and O–H groups in total. The number of benzene rings is 5. The van der Waals surface area contributed by atoms with Crippen molar-refractivity contribution in [2.45, 2.75) is 138 Å². The largest absolute Gasteiger partial charge is 0.370 e. The Morgan fingerprint density at radius 1 is 0.308 bits per heavy atom. The van der Waals surface area contributed by atoms with Crippen LogP contribution in [0.3, 0.4) is 0 Å². The summed E-state index contributed by atoms with van der Waals surface area (Å²) in [6.45, 7) is 0.361. The molecule has 486 valence electrons. The molecule has 0 unspecified atom stereocenters. The zero-order valence-corrected chi connectivity index (χ0v) is 51.2. The Morgan fingerprint density at radius 3 is 0.967 bits per heavy atom. The molecule has 0 aromatic heterocycles. The SMILES string of the molecule is NCCCC[C@@H]1NC(=O)[C@H](CCCN=C(N)N)NC(=O)[C@H](CCCN=C(N)N)NC(=O)[C@@H](CCCN=C(N)N)NC(=O)[C@@H](Cc2ccc3ccccc3c2)NC(=O)[C@H](Cc2ccccc2)NC(=O)[C@H](CCc2ccccc2)NC(=O)[C@@H](Cc2ccccc2)NC1=O. The smallest absolute Gasteiger partial charge is 0.243 e. The van der Waals surface area contributed by atoms with Crippen LogP contribution in [0.25, 0.3) is 10.8 Å². The van der Waals surface area contributed by atoms with Crippen LogP contribution in [0.2, 0.25) is 0 Å². The van der Waals surface area contributed by atoms with E-state index in [1.54, 1.807) is 60.7 Å². The minimum Gasteiger partial charge on any atom is -0.370 e. The van der Waals surface area contributed by atoms with Crippen molar-refractivity contribution >= 4 is 75.9 Å².